The van der Waals surface area contributed by atoms with Gasteiger partial charge < -0.3 is 15.2 Å². The van der Waals surface area contributed by atoms with Crippen molar-refractivity contribution in [2.75, 3.05) is 19.8 Å². The summed E-state index contributed by atoms with van der Waals surface area (Å²) in [6, 6.07) is 6.13. The van der Waals surface area contributed by atoms with E-state index < -0.39 is 16.8 Å². The van der Waals surface area contributed by atoms with Crippen molar-refractivity contribution in [1.82, 2.24) is 5.32 Å². The molecule has 1 aromatic rings. The Bertz CT molecular complexity index is 664. The maximum atomic E-state index is 13.8. The Kier molecular flexibility index (Phi) is 5.61. The highest BCUT2D eigenvalue weighted by Gasteiger charge is 2.45. The van der Waals surface area contributed by atoms with Crippen molar-refractivity contribution in [3.8, 4) is 0 Å². The Morgan fingerprint density at radius 2 is 1.81 bits per heavy atom. The molecule has 3 rings (SSSR count). The van der Waals surface area contributed by atoms with E-state index in [4.69, 9.17) is 4.74 Å². The number of carbonyl (C=O) groups excluding carboxylic acids is 1. The summed E-state index contributed by atoms with van der Waals surface area (Å²) in [7, 11) is 0. The van der Waals surface area contributed by atoms with E-state index in [0.717, 1.165) is 19.3 Å². The van der Waals surface area contributed by atoms with E-state index in [0.29, 0.717) is 44.5 Å². The topological polar surface area (TPSA) is 75.6 Å². The van der Waals surface area contributed by atoms with Crippen LogP contribution in [0, 0.1) is 11.2 Å². The molecule has 1 aromatic carbocycles. The molecule has 2 fully saturated rings. The van der Waals surface area contributed by atoms with Gasteiger partial charge in [-0.2, -0.15) is 0 Å². The third-order valence-electron chi connectivity index (χ3n) is 6.01. The van der Waals surface area contributed by atoms with Crippen molar-refractivity contribution < 1.29 is 23.8 Å². The summed E-state index contributed by atoms with van der Waals surface area (Å²) in [4.78, 5) is 25.0. The molecule has 1 saturated heterocycles. The molecule has 142 valence electrons. The Morgan fingerprint density at radius 1 is 1.12 bits per heavy atom. The van der Waals surface area contributed by atoms with Gasteiger partial charge in [-0.05, 0) is 43.4 Å². The Hall–Kier alpha value is -1.95. The number of amides is 1. The van der Waals surface area contributed by atoms with Crippen LogP contribution in [0.3, 0.4) is 0 Å². The van der Waals surface area contributed by atoms with Gasteiger partial charge in [-0.25, -0.2) is 4.39 Å². The average Bonchev–Trinajstić information content (AvgIpc) is 2.67. The molecule has 2 N–H and O–H groups in total. The van der Waals surface area contributed by atoms with Crippen LogP contribution in [-0.4, -0.2) is 36.7 Å². The zero-order valence-electron chi connectivity index (χ0n) is 14.9. The van der Waals surface area contributed by atoms with Gasteiger partial charge in [-0.15, -0.1) is 0 Å². The lowest BCUT2D eigenvalue weighted by molar-refractivity contribution is -0.151. The van der Waals surface area contributed by atoms with Crippen LogP contribution in [0.2, 0.25) is 0 Å². The van der Waals surface area contributed by atoms with Crippen LogP contribution >= 0.6 is 0 Å². The first-order valence-corrected chi connectivity index (χ1v) is 9.34. The highest BCUT2D eigenvalue weighted by Crippen LogP contribution is 2.38. The number of halogens is 1. The van der Waals surface area contributed by atoms with Crippen molar-refractivity contribution in [2.45, 2.75) is 50.4 Å². The molecule has 0 atom stereocenters. The minimum Gasteiger partial charge on any atom is -0.481 e. The fraction of sp³-hybridized carbons (Fsp3) is 0.600. The summed E-state index contributed by atoms with van der Waals surface area (Å²) >= 11 is 0. The molecule has 6 heteroatoms. The summed E-state index contributed by atoms with van der Waals surface area (Å²) in [6.07, 6.45) is 4.85. The molecular formula is C20H26FNO4. The summed E-state index contributed by atoms with van der Waals surface area (Å²) < 4.78 is 19.2. The summed E-state index contributed by atoms with van der Waals surface area (Å²) in [5, 5.41) is 12.6. The Morgan fingerprint density at radius 3 is 2.42 bits per heavy atom. The average molecular weight is 363 g/mol. The number of aliphatic carboxylic acids is 1. The van der Waals surface area contributed by atoms with E-state index in [9.17, 15) is 19.1 Å². The lowest BCUT2D eigenvalue weighted by atomic mass is 9.71. The summed E-state index contributed by atoms with van der Waals surface area (Å²) in [5.41, 5.74) is -1.12. The number of rotatable bonds is 5. The van der Waals surface area contributed by atoms with Gasteiger partial charge in [0, 0.05) is 19.8 Å². The van der Waals surface area contributed by atoms with Gasteiger partial charge in [-0.1, -0.05) is 31.4 Å². The molecular weight excluding hydrogens is 337 g/mol. The maximum Gasteiger partial charge on any atom is 0.311 e. The second-order valence-electron chi connectivity index (χ2n) is 7.53. The second kappa shape index (κ2) is 7.74. The standard InChI is InChI=1S/C20H26FNO4/c21-16-6-4-5-15(13-16)20(9-11-26-12-10-20)17(23)22-14-19(18(24)25)7-2-1-3-8-19/h4-6,13H,1-3,7-12,14H2,(H,22,23)(H,24,25). The van der Waals surface area contributed by atoms with E-state index in [1.54, 1.807) is 12.1 Å². The van der Waals surface area contributed by atoms with E-state index >= 15 is 0 Å². The van der Waals surface area contributed by atoms with E-state index in [1.807, 2.05) is 0 Å². The smallest absolute Gasteiger partial charge is 0.311 e. The molecule has 2 aliphatic rings. The van der Waals surface area contributed by atoms with Gasteiger partial charge in [0.25, 0.3) is 0 Å². The lowest BCUT2D eigenvalue weighted by Gasteiger charge is -2.38. The highest BCUT2D eigenvalue weighted by atomic mass is 19.1. The summed E-state index contributed by atoms with van der Waals surface area (Å²) in [6.45, 7) is 0.973. The van der Waals surface area contributed by atoms with Crippen LogP contribution in [0.1, 0.15) is 50.5 Å². The molecule has 0 aromatic heterocycles. The maximum absolute atomic E-state index is 13.8. The third kappa shape index (κ3) is 3.61. The Labute approximate surface area is 152 Å². The highest BCUT2D eigenvalue weighted by molar-refractivity contribution is 5.89. The monoisotopic (exact) mass is 363 g/mol. The Balaban J connectivity index is 1.81. The number of carboxylic acids is 1. The van der Waals surface area contributed by atoms with Crippen molar-refractivity contribution in [1.29, 1.82) is 0 Å². The minimum absolute atomic E-state index is 0.124. The molecule has 1 saturated carbocycles. The van der Waals surface area contributed by atoms with E-state index in [2.05, 4.69) is 5.32 Å². The second-order valence-corrected chi connectivity index (χ2v) is 7.53. The van der Waals surface area contributed by atoms with Crippen molar-refractivity contribution >= 4 is 11.9 Å². The van der Waals surface area contributed by atoms with E-state index in [-0.39, 0.29) is 18.3 Å². The van der Waals surface area contributed by atoms with Crippen LogP contribution in [0.25, 0.3) is 0 Å². The minimum atomic E-state index is -0.887. The predicted octanol–water partition coefficient (Wildman–Crippen LogP) is 3.03. The van der Waals surface area contributed by atoms with Crippen LogP contribution in [0.15, 0.2) is 24.3 Å². The lowest BCUT2D eigenvalue weighted by Crippen LogP contribution is -2.52. The van der Waals surface area contributed by atoms with Crippen LogP contribution in [0.4, 0.5) is 4.39 Å². The third-order valence-corrected chi connectivity index (χ3v) is 6.01. The molecule has 1 aliphatic heterocycles. The molecule has 0 unspecified atom stereocenters. The number of carboxylic acid groups (broad SMARTS) is 1. The van der Waals surface area contributed by atoms with Gasteiger partial charge in [0.05, 0.1) is 10.8 Å². The van der Waals surface area contributed by atoms with E-state index in [1.165, 1.54) is 12.1 Å². The summed E-state index contributed by atoms with van der Waals surface area (Å²) in [5.74, 6) is -1.45. The molecule has 1 aliphatic carbocycles. The number of ether oxygens (including phenoxy) is 1. The zero-order chi connectivity index (χ0) is 18.6. The van der Waals surface area contributed by atoms with Crippen LogP contribution < -0.4 is 5.32 Å². The number of carbonyl (C=O) groups is 2. The van der Waals surface area contributed by atoms with Crippen molar-refractivity contribution in [3.63, 3.8) is 0 Å². The number of nitrogens with one attached hydrogen (secondary N) is 1. The quantitative estimate of drug-likeness (QED) is 0.843. The first-order chi connectivity index (χ1) is 12.5. The first-order valence-electron chi connectivity index (χ1n) is 9.34. The van der Waals surface area contributed by atoms with Gasteiger partial charge in [0.1, 0.15) is 5.82 Å². The van der Waals surface area contributed by atoms with Crippen LogP contribution in [-0.2, 0) is 19.7 Å². The molecule has 26 heavy (non-hydrogen) atoms. The van der Waals surface area contributed by atoms with Gasteiger partial charge >= 0.3 is 5.97 Å². The largest absolute Gasteiger partial charge is 0.481 e. The zero-order valence-corrected chi connectivity index (χ0v) is 14.9. The molecule has 1 heterocycles. The van der Waals surface area contributed by atoms with Gasteiger partial charge in [-0.3, -0.25) is 9.59 Å². The van der Waals surface area contributed by atoms with Gasteiger partial charge in [0.15, 0.2) is 0 Å². The molecule has 5 nitrogen and oxygen atoms in total. The molecule has 0 spiro atoms. The van der Waals surface area contributed by atoms with Crippen molar-refractivity contribution in [2.24, 2.45) is 5.41 Å². The molecule has 1 amide bonds. The van der Waals surface area contributed by atoms with Crippen molar-refractivity contribution in [3.05, 3.63) is 35.6 Å². The predicted molar refractivity (Wildman–Crippen MR) is 94.3 cm³/mol. The number of hydrogen-bond donors (Lipinski definition) is 2. The number of benzene rings is 1. The number of hydrogen-bond acceptors (Lipinski definition) is 3. The van der Waals surface area contributed by atoms with Gasteiger partial charge in [0.2, 0.25) is 5.91 Å². The SMILES string of the molecule is O=C(O)C1(CNC(=O)C2(c3cccc(F)c3)CCOCC2)CCCCC1. The molecule has 0 radical (unpaired) electrons. The fourth-order valence-electron chi connectivity index (χ4n) is 4.27. The van der Waals surface area contributed by atoms with Crippen LogP contribution in [0.5, 0.6) is 0 Å². The normalized spacial score (nSPS) is 21.7. The molecule has 0 bridgehead atoms. The fourth-order valence-corrected chi connectivity index (χ4v) is 4.27. The first kappa shape index (κ1) is 18.8.